The maximum Gasteiger partial charge on any atom is 0.275 e. The van der Waals surface area contributed by atoms with Crippen LogP contribution in [0.15, 0.2) is 73.4 Å². The van der Waals surface area contributed by atoms with Gasteiger partial charge >= 0.3 is 0 Å². The standard InChI is InChI=1S/C20H18FN3O2/c1-2-12-22-20(25)19-18(26-14-15-6-4-3-5-7-15)13-24(23-19)17-10-8-16(21)9-11-17/h2-11,13H,1,12,14H2,(H,22,25). The highest BCUT2D eigenvalue weighted by atomic mass is 19.1. The molecular weight excluding hydrogens is 333 g/mol. The third-order valence-electron chi connectivity index (χ3n) is 3.63. The largest absolute Gasteiger partial charge is 0.485 e. The van der Waals surface area contributed by atoms with Crippen molar-refractivity contribution in [3.05, 3.63) is 90.5 Å². The summed E-state index contributed by atoms with van der Waals surface area (Å²) in [5.74, 6) is -0.362. The molecule has 0 fully saturated rings. The number of carbonyl (C=O) groups excluding carboxylic acids is 1. The lowest BCUT2D eigenvalue weighted by Crippen LogP contribution is -2.24. The topological polar surface area (TPSA) is 56.2 Å². The predicted octanol–water partition coefficient (Wildman–Crippen LogP) is 3.51. The molecule has 0 saturated heterocycles. The van der Waals surface area contributed by atoms with E-state index in [2.05, 4.69) is 17.0 Å². The Morgan fingerprint density at radius 3 is 2.62 bits per heavy atom. The molecule has 0 radical (unpaired) electrons. The van der Waals surface area contributed by atoms with E-state index in [1.54, 1.807) is 24.4 Å². The minimum absolute atomic E-state index is 0.159. The molecule has 1 heterocycles. The first-order valence-corrected chi connectivity index (χ1v) is 8.09. The van der Waals surface area contributed by atoms with Crippen LogP contribution < -0.4 is 10.1 Å². The Balaban J connectivity index is 1.87. The lowest BCUT2D eigenvalue weighted by atomic mass is 10.2. The van der Waals surface area contributed by atoms with Gasteiger partial charge in [-0.05, 0) is 29.8 Å². The molecule has 6 heteroatoms. The van der Waals surface area contributed by atoms with E-state index < -0.39 is 0 Å². The number of carbonyl (C=O) groups is 1. The molecular formula is C20H18FN3O2. The zero-order valence-electron chi connectivity index (χ0n) is 14.1. The Morgan fingerprint density at radius 1 is 1.19 bits per heavy atom. The number of hydrogen-bond donors (Lipinski definition) is 1. The van der Waals surface area contributed by atoms with E-state index in [4.69, 9.17) is 4.74 Å². The van der Waals surface area contributed by atoms with Gasteiger partial charge in [-0.25, -0.2) is 9.07 Å². The van der Waals surface area contributed by atoms with Crippen molar-refractivity contribution in [2.45, 2.75) is 6.61 Å². The molecule has 3 rings (SSSR count). The minimum atomic E-state index is -0.367. The molecule has 0 atom stereocenters. The second kappa shape index (κ2) is 8.11. The van der Waals surface area contributed by atoms with E-state index in [1.807, 2.05) is 30.3 Å². The molecule has 0 aliphatic carbocycles. The Kier molecular flexibility index (Phi) is 5.43. The second-order valence-electron chi connectivity index (χ2n) is 5.54. The average Bonchev–Trinajstić information content (AvgIpc) is 3.10. The number of nitrogens with zero attached hydrogens (tertiary/aromatic N) is 2. The van der Waals surface area contributed by atoms with Gasteiger partial charge in [0, 0.05) is 6.54 Å². The van der Waals surface area contributed by atoms with E-state index in [9.17, 15) is 9.18 Å². The van der Waals surface area contributed by atoms with Crippen molar-refractivity contribution < 1.29 is 13.9 Å². The van der Waals surface area contributed by atoms with Gasteiger partial charge in [-0.3, -0.25) is 4.79 Å². The van der Waals surface area contributed by atoms with Gasteiger partial charge in [0.15, 0.2) is 11.4 Å². The molecule has 132 valence electrons. The van der Waals surface area contributed by atoms with E-state index in [0.29, 0.717) is 24.6 Å². The summed E-state index contributed by atoms with van der Waals surface area (Å²) in [6.45, 7) is 4.20. The molecule has 0 saturated carbocycles. The fourth-order valence-electron chi connectivity index (χ4n) is 2.33. The lowest BCUT2D eigenvalue weighted by Gasteiger charge is -2.06. The van der Waals surface area contributed by atoms with Crippen molar-refractivity contribution in [2.75, 3.05) is 6.54 Å². The molecule has 0 bridgehead atoms. The molecule has 26 heavy (non-hydrogen) atoms. The van der Waals surface area contributed by atoms with E-state index in [1.165, 1.54) is 16.8 Å². The van der Waals surface area contributed by atoms with Crippen molar-refractivity contribution in [1.29, 1.82) is 0 Å². The van der Waals surface area contributed by atoms with Crippen LogP contribution >= 0.6 is 0 Å². The van der Waals surface area contributed by atoms with Gasteiger partial charge in [-0.1, -0.05) is 36.4 Å². The van der Waals surface area contributed by atoms with Gasteiger partial charge in [0.05, 0.1) is 11.9 Å². The average molecular weight is 351 g/mol. The molecule has 0 aliphatic rings. The van der Waals surface area contributed by atoms with Gasteiger partial charge in [0.25, 0.3) is 5.91 Å². The third-order valence-corrected chi connectivity index (χ3v) is 3.63. The highest BCUT2D eigenvalue weighted by Gasteiger charge is 2.18. The summed E-state index contributed by atoms with van der Waals surface area (Å²) in [5, 5.41) is 6.99. The molecule has 0 spiro atoms. The second-order valence-corrected chi connectivity index (χ2v) is 5.54. The van der Waals surface area contributed by atoms with E-state index in [0.717, 1.165) is 5.56 Å². The quantitative estimate of drug-likeness (QED) is 0.663. The van der Waals surface area contributed by atoms with Crippen LogP contribution in [0.1, 0.15) is 16.1 Å². The van der Waals surface area contributed by atoms with E-state index in [-0.39, 0.29) is 17.4 Å². The van der Waals surface area contributed by atoms with Crippen molar-refractivity contribution in [3.8, 4) is 11.4 Å². The normalized spacial score (nSPS) is 10.3. The highest BCUT2D eigenvalue weighted by molar-refractivity contribution is 5.95. The highest BCUT2D eigenvalue weighted by Crippen LogP contribution is 2.21. The predicted molar refractivity (Wildman–Crippen MR) is 96.8 cm³/mol. The van der Waals surface area contributed by atoms with E-state index >= 15 is 0 Å². The number of amides is 1. The molecule has 3 aromatic rings. The summed E-state index contributed by atoms with van der Waals surface area (Å²) >= 11 is 0. The Morgan fingerprint density at radius 2 is 1.92 bits per heavy atom. The Bertz CT molecular complexity index is 889. The molecule has 1 N–H and O–H groups in total. The number of ether oxygens (including phenoxy) is 1. The van der Waals surface area contributed by atoms with Crippen molar-refractivity contribution in [1.82, 2.24) is 15.1 Å². The first-order valence-electron chi connectivity index (χ1n) is 8.09. The first kappa shape index (κ1) is 17.4. The molecule has 1 aromatic heterocycles. The number of benzene rings is 2. The monoisotopic (exact) mass is 351 g/mol. The summed E-state index contributed by atoms with van der Waals surface area (Å²) in [7, 11) is 0. The summed E-state index contributed by atoms with van der Waals surface area (Å²) < 4.78 is 20.4. The first-order chi connectivity index (χ1) is 12.7. The van der Waals surface area contributed by atoms with Crippen LogP contribution in [0.25, 0.3) is 5.69 Å². The van der Waals surface area contributed by atoms with Crippen molar-refractivity contribution in [3.63, 3.8) is 0 Å². The summed E-state index contributed by atoms with van der Waals surface area (Å²) in [5.41, 5.74) is 1.75. The number of aromatic nitrogens is 2. The maximum atomic E-state index is 13.1. The van der Waals surface area contributed by atoms with Crippen molar-refractivity contribution in [2.24, 2.45) is 0 Å². The third kappa shape index (κ3) is 4.16. The number of halogens is 1. The SMILES string of the molecule is C=CCNC(=O)c1nn(-c2ccc(F)cc2)cc1OCc1ccccc1. The maximum absolute atomic E-state index is 13.1. The van der Waals surface area contributed by atoms with Gasteiger partial charge in [-0.2, -0.15) is 5.10 Å². The molecule has 2 aromatic carbocycles. The number of rotatable bonds is 7. The Labute approximate surface area is 150 Å². The summed E-state index contributed by atoms with van der Waals surface area (Å²) in [6.07, 6.45) is 3.19. The van der Waals surface area contributed by atoms with Crippen molar-refractivity contribution >= 4 is 5.91 Å². The molecule has 1 amide bonds. The van der Waals surface area contributed by atoms with Gasteiger partial charge < -0.3 is 10.1 Å². The zero-order chi connectivity index (χ0) is 18.4. The fourth-order valence-corrected chi connectivity index (χ4v) is 2.33. The Hall–Kier alpha value is -3.41. The van der Waals surface area contributed by atoms with Crippen LogP contribution in [-0.4, -0.2) is 22.2 Å². The summed E-state index contributed by atoms with van der Waals surface area (Å²) in [4.78, 5) is 12.4. The van der Waals surface area contributed by atoms with Crippen LogP contribution in [0, 0.1) is 5.82 Å². The molecule has 0 unspecified atom stereocenters. The van der Waals surface area contributed by atoms with Crippen LogP contribution in [-0.2, 0) is 6.61 Å². The number of hydrogen-bond acceptors (Lipinski definition) is 3. The zero-order valence-corrected chi connectivity index (χ0v) is 14.1. The fraction of sp³-hybridized carbons (Fsp3) is 0.100. The van der Waals surface area contributed by atoms with Crippen LogP contribution in [0.5, 0.6) is 5.75 Å². The van der Waals surface area contributed by atoms with Crippen LogP contribution in [0.2, 0.25) is 0 Å². The lowest BCUT2D eigenvalue weighted by molar-refractivity contribution is 0.0948. The minimum Gasteiger partial charge on any atom is -0.485 e. The van der Waals surface area contributed by atoms with Gasteiger partial charge in [0.2, 0.25) is 0 Å². The van der Waals surface area contributed by atoms with Crippen LogP contribution in [0.3, 0.4) is 0 Å². The molecule has 5 nitrogen and oxygen atoms in total. The number of nitrogens with one attached hydrogen (secondary N) is 1. The van der Waals surface area contributed by atoms with Gasteiger partial charge in [-0.15, -0.1) is 6.58 Å². The smallest absolute Gasteiger partial charge is 0.275 e. The summed E-state index contributed by atoms with van der Waals surface area (Å²) in [6, 6.07) is 15.4. The van der Waals surface area contributed by atoms with Gasteiger partial charge in [0.1, 0.15) is 12.4 Å². The van der Waals surface area contributed by atoms with Crippen LogP contribution in [0.4, 0.5) is 4.39 Å². The molecule has 0 aliphatic heterocycles.